The SMILES string of the molecule is CC1C(C(N)=O)CNC2NCCC21. The molecule has 0 aromatic rings. The number of rotatable bonds is 1. The fraction of sp³-hybridized carbons (Fsp3) is 0.889. The summed E-state index contributed by atoms with van der Waals surface area (Å²) in [6, 6.07) is 0. The van der Waals surface area contributed by atoms with E-state index < -0.39 is 0 Å². The highest BCUT2D eigenvalue weighted by Crippen LogP contribution is 2.32. The minimum Gasteiger partial charge on any atom is -0.369 e. The van der Waals surface area contributed by atoms with Crippen LogP contribution in [0.1, 0.15) is 13.3 Å². The Hall–Kier alpha value is -0.610. The third kappa shape index (κ3) is 1.44. The molecule has 4 unspecified atom stereocenters. The van der Waals surface area contributed by atoms with Crippen molar-refractivity contribution in [1.29, 1.82) is 0 Å². The summed E-state index contributed by atoms with van der Waals surface area (Å²) in [5, 5.41) is 6.72. The Morgan fingerprint density at radius 1 is 1.46 bits per heavy atom. The van der Waals surface area contributed by atoms with E-state index in [2.05, 4.69) is 17.6 Å². The number of nitrogens with one attached hydrogen (secondary N) is 2. The van der Waals surface area contributed by atoms with Crippen LogP contribution < -0.4 is 16.4 Å². The summed E-state index contributed by atoms with van der Waals surface area (Å²) in [7, 11) is 0. The summed E-state index contributed by atoms with van der Waals surface area (Å²) in [6.07, 6.45) is 1.56. The van der Waals surface area contributed by atoms with Crippen LogP contribution in [0.4, 0.5) is 0 Å². The smallest absolute Gasteiger partial charge is 0.222 e. The van der Waals surface area contributed by atoms with E-state index in [1.54, 1.807) is 0 Å². The molecule has 2 fully saturated rings. The minimum absolute atomic E-state index is 0.0150. The molecular formula is C9H17N3O. The van der Waals surface area contributed by atoms with Crippen LogP contribution in [-0.4, -0.2) is 25.2 Å². The van der Waals surface area contributed by atoms with Crippen molar-refractivity contribution in [3.8, 4) is 0 Å². The van der Waals surface area contributed by atoms with Gasteiger partial charge >= 0.3 is 0 Å². The van der Waals surface area contributed by atoms with E-state index in [0.717, 1.165) is 19.5 Å². The number of primary amides is 1. The Morgan fingerprint density at radius 3 is 2.92 bits per heavy atom. The van der Waals surface area contributed by atoms with Crippen LogP contribution in [-0.2, 0) is 4.79 Å². The van der Waals surface area contributed by atoms with Gasteiger partial charge in [-0.15, -0.1) is 0 Å². The normalized spacial score (nSPS) is 44.4. The quantitative estimate of drug-likeness (QED) is 0.502. The molecule has 2 saturated heterocycles. The van der Waals surface area contributed by atoms with Gasteiger partial charge in [-0.1, -0.05) is 6.92 Å². The van der Waals surface area contributed by atoms with Crippen molar-refractivity contribution < 1.29 is 4.79 Å². The van der Waals surface area contributed by atoms with E-state index in [9.17, 15) is 4.79 Å². The second-order valence-corrected chi connectivity index (χ2v) is 4.16. The van der Waals surface area contributed by atoms with E-state index in [1.165, 1.54) is 0 Å². The summed E-state index contributed by atoms with van der Waals surface area (Å²) in [4.78, 5) is 11.1. The number of nitrogens with two attached hydrogens (primary N) is 1. The Kier molecular flexibility index (Phi) is 2.26. The zero-order valence-corrected chi connectivity index (χ0v) is 7.92. The summed E-state index contributed by atoms with van der Waals surface area (Å²) >= 11 is 0. The fourth-order valence-electron chi connectivity index (χ4n) is 2.61. The predicted octanol–water partition coefficient (Wildman–Crippen LogP) is -0.737. The molecule has 2 aliphatic rings. The molecule has 2 rings (SSSR count). The van der Waals surface area contributed by atoms with Gasteiger partial charge in [0.25, 0.3) is 0 Å². The molecule has 0 aromatic heterocycles. The zero-order valence-electron chi connectivity index (χ0n) is 7.92. The second-order valence-electron chi connectivity index (χ2n) is 4.16. The monoisotopic (exact) mass is 183 g/mol. The summed E-state index contributed by atoms with van der Waals surface area (Å²) in [5.41, 5.74) is 5.34. The molecule has 2 heterocycles. The predicted molar refractivity (Wildman–Crippen MR) is 49.7 cm³/mol. The third-order valence-electron chi connectivity index (χ3n) is 3.50. The van der Waals surface area contributed by atoms with Crippen LogP contribution in [0.2, 0.25) is 0 Å². The first-order valence-corrected chi connectivity index (χ1v) is 4.96. The van der Waals surface area contributed by atoms with Crippen molar-refractivity contribution in [2.24, 2.45) is 23.5 Å². The fourth-order valence-corrected chi connectivity index (χ4v) is 2.61. The van der Waals surface area contributed by atoms with Crippen molar-refractivity contribution in [2.75, 3.05) is 13.1 Å². The standard InChI is InChI=1S/C9H17N3O/c1-5-6-2-3-11-9(6)12-4-7(5)8(10)13/h5-7,9,11-12H,2-4H2,1H3,(H2,10,13). The van der Waals surface area contributed by atoms with Gasteiger partial charge in [0.05, 0.1) is 12.1 Å². The van der Waals surface area contributed by atoms with Crippen LogP contribution in [0, 0.1) is 17.8 Å². The molecule has 1 amide bonds. The molecule has 4 heteroatoms. The molecule has 2 aliphatic heterocycles. The molecule has 4 N–H and O–H groups in total. The highest BCUT2D eigenvalue weighted by Gasteiger charge is 2.40. The first kappa shape index (κ1) is 8.97. The van der Waals surface area contributed by atoms with Gasteiger partial charge in [0.1, 0.15) is 0 Å². The van der Waals surface area contributed by atoms with Crippen LogP contribution in [0.15, 0.2) is 0 Å². The van der Waals surface area contributed by atoms with Gasteiger partial charge in [-0.25, -0.2) is 0 Å². The first-order chi connectivity index (χ1) is 6.20. The number of fused-ring (bicyclic) bond motifs is 1. The van der Waals surface area contributed by atoms with Crippen molar-refractivity contribution in [3.05, 3.63) is 0 Å². The van der Waals surface area contributed by atoms with E-state index in [-0.39, 0.29) is 11.8 Å². The number of piperidine rings is 1. The molecule has 74 valence electrons. The van der Waals surface area contributed by atoms with E-state index in [4.69, 9.17) is 5.73 Å². The molecule has 4 atom stereocenters. The lowest BCUT2D eigenvalue weighted by Crippen LogP contribution is -2.55. The Morgan fingerprint density at radius 2 is 2.23 bits per heavy atom. The number of carbonyl (C=O) groups excluding carboxylic acids is 1. The minimum atomic E-state index is -0.162. The Labute approximate surface area is 78.2 Å². The van der Waals surface area contributed by atoms with Crippen LogP contribution in [0.25, 0.3) is 0 Å². The highest BCUT2D eigenvalue weighted by molar-refractivity contribution is 5.77. The Balaban J connectivity index is 2.08. The molecule has 0 aliphatic carbocycles. The number of amides is 1. The number of hydrogen-bond acceptors (Lipinski definition) is 3. The molecule has 4 nitrogen and oxygen atoms in total. The summed E-state index contributed by atoms with van der Waals surface area (Å²) < 4.78 is 0. The lowest BCUT2D eigenvalue weighted by Gasteiger charge is -2.37. The van der Waals surface area contributed by atoms with Gasteiger partial charge in [0, 0.05) is 6.54 Å². The highest BCUT2D eigenvalue weighted by atomic mass is 16.1. The van der Waals surface area contributed by atoms with Crippen molar-refractivity contribution in [3.63, 3.8) is 0 Å². The molecule has 0 radical (unpaired) electrons. The molecule has 13 heavy (non-hydrogen) atoms. The van der Waals surface area contributed by atoms with E-state index >= 15 is 0 Å². The van der Waals surface area contributed by atoms with Gasteiger partial charge < -0.3 is 16.4 Å². The van der Waals surface area contributed by atoms with Gasteiger partial charge in [-0.2, -0.15) is 0 Å². The lowest BCUT2D eigenvalue weighted by atomic mass is 9.77. The summed E-state index contributed by atoms with van der Waals surface area (Å²) in [5.74, 6) is 0.844. The van der Waals surface area contributed by atoms with Crippen molar-refractivity contribution in [1.82, 2.24) is 10.6 Å². The van der Waals surface area contributed by atoms with E-state index in [0.29, 0.717) is 18.0 Å². The molecule has 0 saturated carbocycles. The van der Waals surface area contributed by atoms with E-state index in [1.807, 2.05) is 0 Å². The zero-order chi connectivity index (χ0) is 9.42. The van der Waals surface area contributed by atoms with Crippen molar-refractivity contribution in [2.45, 2.75) is 19.5 Å². The molecule has 0 aromatic carbocycles. The van der Waals surface area contributed by atoms with Gasteiger partial charge in [-0.3, -0.25) is 4.79 Å². The maximum atomic E-state index is 11.1. The maximum Gasteiger partial charge on any atom is 0.222 e. The first-order valence-electron chi connectivity index (χ1n) is 4.96. The average molecular weight is 183 g/mol. The maximum absolute atomic E-state index is 11.1. The number of hydrogen-bond donors (Lipinski definition) is 3. The van der Waals surface area contributed by atoms with Crippen LogP contribution in [0.3, 0.4) is 0 Å². The topological polar surface area (TPSA) is 67.2 Å². The molecule has 0 spiro atoms. The van der Waals surface area contributed by atoms with Crippen molar-refractivity contribution >= 4 is 5.91 Å². The number of carbonyl (C=O) groups is 1. The average Bonchev–Trinajstić information content (AvgIpc) is 2.52. The van der Waals surface area contributed by atoms with Gasteiger partial charge in [0.15, 0.2) is 0 Å². The third-order valence-corrected chi connectivity index (χ3v) is 3.50. The van der Waals surface area contributed by atoms with Crippen LogP contribution in [0.5, 0.6) is 0 Å². The molecule has 0 bridgehead atoms. The second kappa shape index (κ2) is 3.27. The lowest BCUT2D eigenvalue weighted by molar-refractivity contribution is -0.124. The summed E-state index contributed by atoms with van der Waals surface area (Å²) in [6.45, 7) is 3.92. The van der Waals surface area contributed by atoms with Gasteiger partial charge in [-0.05, 0) is 24.8 Å². The van der Waals surface area contributed by atoms with Crippen LogP contribution >= 0.6 is 0 Å². The molecular weight excluding hydrogens is 166 g/mol. The Bertz CT molecular complexity index is 219. The van der Waals surface area contributed by atoms with Gasteiger partial charge in [0.2, 0.25) is 5.91 Å². The largest absolute Gasteiger partial charge is 0.369 e.